The van der Waals surface area contributed by atoms with E-state index < -0.39 is 11.9 Å². The number of ether oxygens (including phenoxy) is 3. The Morgan fingerprint density at radius 1 is 0.875 bits per heavy atom. The van der Waals surface area contributed by atoms with Crippen molar-refractivity contribution in [2.45, 2.75) is 95.2 Å². The summed E-state index contributed by atoms with van der Waals surface area (Å²) in [5.41, 5.74) is 2.51. The fourth-order valence-corrected chi connectivity index (χ4v) is 8.87. The predicted molar refractivity (Wildman–Crippen MR) is 241 cm³/mol. The largest absolute Gasteiger partial charge is 0.507 e. The van der Waals surface area contributed by atoms with Crippen molar-refractivity contribution in [1.82, 2.24) is 29.7 Å². The second kappa shape index (κ2) is 22.6. The molecule has 3 N–H and O–H groups in total. The fourth-order valence-electron chi connectivity index (χ4n) is 8.87. The van der Waals surface area contributed by atoms with Crippen molar-refractivity contribution in [3.8, 4) is 11.5 Å². The molecule has 3 atom stereocenters. The molecule has 2 aromatic carbocycles. The predicted octanol–water partition coefficient (Wildman–Crippen LogP) is 4.97. The Morgan fingerprint density at radius 2 is 1.67 bits per heavy atom. The molecule has 7 rings (SSSR count). The van der Waals surface area contributed by atoms with Crippen LogP contribution in [0, 0.1) is 0 Å². The molecule has 16 heteroatoms. The minimum Gasteiger partial charge on any atom is -0.507 e. The number of aryl methyl sites for hydroxylation is 2. The molecule has 3 amide bonds. The number of aromatic nitrogens is 3. The molecule has 2 bridgehead atoms. The maximum Gasteiger partial charge on any atom is 0.329 e. The molecule has 0 saturated carbocycles. The van der Waals surface area contributed by atoms with Gasteiger partial charge in [-0.05, 0) is 74.4 Å². The Labute approximate surface area is 373 Å². The van der Waals surface area contributed by atoms with Gasteiger partial charge in [-0.1, -0.05) is 43.9 Å². The molecule has 3 saturated heterocycles. The summed E-state index contributed by atoms with van der Waals surface area (Å²) in [5, 5.41) is 15.3. The summed E-state index contributed by atoms with van der Waals surface area (Å²) in [7, 11) is 1.69. The lowest BCUT2D eigenvalue weighted by molar-refractivity contribution is -0.135. The SMILES string of the molecule is Cn1c(=O)n(C2CCC(=O)NC2=O)c2ccc(CCCOCCOCCNC(=O)CCCCCCCCOc3ccnc(N4C[C@H]5C[C@@H]4CN5/C=C/C(=O)c4ccccc4O)c3)cc21. The van der Waals surface area contributed by atoms with Crippen LogP contribution >= 0.6 is 0 Å². The average Bonchev–Trinajstić information content (AvgIpc) is 3.97. The van der Waals surface area contributed by atoms with Crippen molar-refractivity contribution in [2.24, 2.45) is 7.05 Å². The highest BCUT2D eigenvalue weighted by molar-refractivity contribution is 6.06. The molecule has 5 heterocycles. The molecule has 1 unspecified atom stereocenters. The third kappa shape index (κ3) is 12.0. The van der Waals surface area contributed by atoms with Gasteiger partial charge >= 0.3 is 5.69 Å². The van der Waals surface area contributed by atoms with E-state index in [4.69, 9.17) is 14.2 Å². The number of nitrogens with one attached hydrogen (secondary N) is 2. The van der Waals surface area contributed by atoms with Crippen molar-refractivity contribution < 1.29 is 38.5 Å². The van der Waals surface area contributed by atoms with Gasteiger partial charge < -0.3 is 34.4 Å². The van der Waals surface area contributed by atoms with Crippen molar-refractivity contribution in [3.05, 3.63) is 94.7 Å². The summed E-state index contributed by atoms with van der Waals surface area (Å²) >= 11 is 0. The molecule has 3 aliphatic rings. The van der Waals surface area contributed by atoms with Gasteiger partial charge in [0.05, 0.1) is 43.0 Å². The smallest absolute Gasteiger partial charge is 0.329 e. The highest BCUT2D eigenvalue weighted by Gasteiger charge is 2.42. The van der Waals surface area contributed by atoms with Gasteiger partial charge in [-0.15, -0.1) is 0 Å². The number of pyridine rings is 1. The molecule has 3 fully saturated rings. The summed E-state index contributed by atoms with van der Waals surface area (Å²) < 4.78 is 20.5. The number of anilines is 1. The number of fused-ring (bicyclic) bond motifs is 3. The minimum absolute atomic E-state index is 0.00623. The number of allylic oxidation sites excluding steroid dienone is 1. The van der Waals surface area contributed by atoms with Crippen LogP contribution in [0.25, 0.3) is 11.0 Å². The number of imidazole rings is 1. The van der Waals surface area contributed by atoms with Gasteiger partial charge in [-0.3, -0.25) is 33.6 Å². The number of hydrogen-bond acceptors (Lipinski definition) is 12. The number of imide groups is 1. The Kier molecular flexibility index (Phi) is 16.2. The molecule has 0 radical (unpaired) electrons. The molecule has 64 heavy (non-hydrogen) atoms. The van der Waals surface area contributed by atoms with Gasteiger partial charge in [0, 0.05) is 82.8 Å². The summed E-state index contributed by atoms with van der Waals surface area (Å²) in [5.74, 6) is 0.812. The van der Waals surface area contributed by atoms with Crippen LogP contribution in [-0.2, 0) is 37.3 Å². The number of likely N-dealkylation sites (tertiary alicyclic amines) is 1. The number of hydrogen-bond donors (Lipinski definition) is 3. The second-order valence-corrected chi connectivity index (χ2v) is 16.8. The molecular weight excluding hydrogens is 819 g/mol. The maximum atomic E-state index is 13.0. The lowest BCUT2D eigenvalue weighted by Crippen LogP contribution is -2.44. The highest BCUT2D eigenvalue weighted by atomic mass is 16.5. The van der Waals surface area contributed by atoms with E-state index in [-0.39, 0.29) is 35.5 Å². The Bertz CT molecular complexity index is 2340. The minimum atomic E-state index is -0.699. The maximum absolute atomic E-state index is 13.0. The number of rotatable bonds is 25. The average molecular weight is 880 g/mol. The molecule has 0 spiro atoms. The number of piperidine rings is 1. The number of aromatic hydroxyl groups is 1. The van der Waals surface area contributed by atoms with Crippen molar-refractivity contribution >= 4 is 40.4 Å². The lowest BCUT2D eigenvalue weighted by atomic mass is 10.1. The topological polar surface area (TPSA) is 187 Å². The zero-order valence-electron chi connectivity index (χ0n) is 36.8. The van der Waals surface area contributed by atoms with E-state index in [2.05, 4.69) is 25.4 Å². The van der Waals surface area contributed by atoms with Crippen LogP contribution in [0.4, 0.5) is 5.82 Å². The molecule has 16 nitrogen and oxygen atoms in total. The number of nitrogens with zero attached hydrogens (tertiary/aromatic N) is 5. The summed E-state index contributed by atoms with van der Waals surface area (Å²) in [6.07, 6.45) is 14.9. The Balaban J connectivity index is 0.662. The number of amides is 3. The van der Waals surface area contributed by atoms with Crippen molar-refractivity contribution in [1.29, 1.82) is 0 Å². The first-order valence-corrected chi connectivity index (χ1v) is 22.7. The molecule has 3 aliphatic heterocycles. The first kappa shape index (κ1) is 46.0. The molecule has 342 valence electrons. The second-order valence-electron chi connectivity index (χ2n) is 16.8. The first-order valence-electron chi connectivity index (χ1n) is 22.7. The zero-order valence-corrected chi connectivity index (χ0v) is 36.8. The molecule has 4 aromatic rings. The van der Waals surface area contributed by atoms with Crippen LogP contribution in [0.3, 0.4) is 0 Å². The van der Waals surface area contributed by atoms with Gasteiger partial charge in [0.2, 0.25) is 17.7 Å². The number of benzene rings is 2. The fraction of sp³-hybridized carbons (Fsp3) is 0.500. The van der Waals surface area contributed by atoms with Crippen LogP contribution in [0.1, 0.15) is 92.6 Å². The van der Waals surface area contributed by atoms with E-state index in [1.807, 2.05) is 36.5 Å². The monoisotopic (exact) mass is 879 g/mol. The number of phenols is 1. The van der Waals surface area contributed by atoms with E-state index in [0.717, 1.165) is 93.5 Å². The number of unbranched alkanes of at least 4 members (excludes halogenated alkanes) is 5. The Hall–Kier alpha value is -6.00. The van der Waals surface area contributed by atoms with Crippen LogP contribution in [0.2, 0.25) is 0 Å². The van der Waals surface area contributed by atoms with Crippen LogP contribution in [-0.4, -0.2) is 112 Å². The van der Waals surface area contributed by atoms with Crippen molar-refractivity contribution in [2.75, 3.05) is 57.6 Å². The number of piperazine rings is 1. The van der Waals surface area contributed by atoms with Gasteiger partial charge in [-0.25, -0.2) is 9.78 Å². The van der Waals surface area contributed by atoms with Gasteiger partial charge in [0.25, 0.3) is 0 Å². The van der Waals surface area contributed by atoms with Gasteiger partial charge in [-0.2, -0.15) is 0 Å². The molecular formula is C48H61N7O9. The zero-order chi connectivity index (χ0) is 44.8. The quantitative estimate of drug-likeness (QED) is 0.0352. The number of carbonyl (C=O) groups is 4. The lowest BCUT2D eigenvalue weighted by Gasteiger charge is -2.34. The number of phenolic OH excluding ortho intramolecular Hbond substituents is 1. The Morgan fingerprint density at radius 3 is 2.47 bits per heavy atom. The van der Waals surface area contributed by atoms with E-state index in [1.54, 1.807) is 42.1 Å². The van der Waals surface area contributed by atoms with E-state index in [1.165, 1.54) is 10.6 Å². The first-order chi connectivity index (χ1) is 31.2. The summed E-state index contributed by atoms with van der Waals surface area (Å²) in [4.78, 5) is 71.0. The van der Waals surface area contributed by atoms with Gasteiger partial charge in [0.1, 0.15) is 23.4 Å². The van der Waals surface area contributed by atoms with E-state index in [9.17, 15) is 29.1 Å². The van der Waals surface area contributed by atoms with Crippen LogP contribution < -0.4 is 26.0 Å². The normalized spacial score (nSPS) is 18.4. The summed E-state index contributed by atoms with van der Waals surface area (Å²) in [6.45, 7) is 4.65. The third-order valence-corrected chi connectivity index (χ3v) is 12.3. The number of ketones is 1. The standard InChI is InChI=1S/C48H61N7O9/c1-52-41-29-34(15-16-39(41)55(48(52)61)40-17-18-46(59)51-47(40)60)11-10-24-62-27-28-63-26-22-50-45(58)14-6-4-2-3-5-9-25-64-37-19-21-49-44(31-37)54-33-35-30-36(54)32-53(35)23-20-43(57)38-12-7-8-13-42(38)56/h7-8,12-13,15-16,19-21,23,29,31,35-36,40,56H,2-6,9-11,14,17-18,22,24-28,30,32-33H2,1H3,(H,50,58)(H,51,59,60)/b23-20+/t35-,36-,40?/m1/s1. The number of carbonyl (C=O) groups excluding carboxylic acids is 4. The highest BCUT2D eigenvalue weighted by Crippen LogP contribution is 2.35. The molecule has 2 aromatic heterocycles. The molecule has 0 aliphatic carbocycles. The summed E-state index contributed by atoms with van der Waals surface area (Å²) in [6, 6.07) is 16.2. The number of para-hydroxylation sites is 1. The van der Waals surface area contributed by atoms with E-state index in [0.29, 0.717) is 75.6 Å². The van der Waals surface area contributed by atoms with Gasteiger partial charge in [0.15, 0.2) is 5.78 Å². The third-order valence-electron chi connectivity index (χ3n) is 12.3. The van der Waals surface area contributed by atoms with Crippen molar-refractivity contribution in [3.63, 3.8) is 0 Å². The van der Waals surface area contributed by atoms with Crippen LogP contribution in [0.15, 0.2) is 77.9 Å². The van der Waals surface area contributed by atoms with Crippen LogP contribution in [0.5, 0.6) is 11.5 Å². The van der Waals surface area contributed by atoms with E-state index >= 15 is 0 Å².